The molecule has 3 atom stereocenters. The Labute approximate surface area is 131 Å². The van der Waals surface area contributed by atoms with E-state index in [9.17, 15) is 4.79 Å². The first kappa shape index (κ1) is 14.1. The molecule has 1 aromatic rings. The molecule has 0 spiro atoms. The van der Waals surface area contributed by atoms with Crippen molar-refractivity contribution in [3.8, 4) is 5.75 Å². The van der Waals surface area contributed by atoms with Crippen molar-refractivity contribution in [2.24, 2.45) is 0 Å². The highest BCUT2D eigenvalue weighted by atomic mass is 16.5. The quantitative estimate of drug-likeness (QED) is 0.862. The van der Waals surface area contributed by atoms with Crippen molar-refractivity contribution in [2.75, 3.05) is 13.1 Å². The minimum Gasteiger partial charge on any atom is -0.480 e. The molecule has 0 aromatic heterocycles. The van der Waals surface area contributed by atoms with Crippen LogP contribution in [0.4, 0.5) is 0 Å². The number of amides is 1. The third-order valence-corrected chi connectivity index (χ3v) is 5.46. The number of rotatable bonds is 1. The lowest BCUT2D eigenvalue weighted by atomic mass is 10.0. The molecule has 22 heavy (non-hydrogen) atoms. The third-order valence-electron chi connectivity index (χ3n) is 5.46. The van der Waals surface area contributed by atoms with Crippen molar-refractivity contribution < 1.29 is 9.53 Å². The number of carbonyl (C=O) groups excluding carboxylic acids is 1. The number of nitrogens with zero attached hydrogens (tertiary/aromatic N) is 1. The van der Waals surface area contributed by atoms with Crippen LogP contribution in [0.2, 0.25) is 0 Å². The van der Waals surface area contributed by atoms with Crippen LogP contribution in [0, 0.1) is 13.8 Å². The molecule has 4 heteroatoms. The molecule has 4 nitrogen and oxygen atoms in total. The van der Waals surface area contributed by atoms with Crippen LogP contribution in [0.1, 0.15) is 36.0 Å². The number of benzene rings is 1. The monoisotopic (exact) mass is 300 g/mol. The summed E-state index contributed by atoms with van der Waals surface area (Å²) in [6.07, 6.45) is 3.91. The molecule has 3 aliphatic rings. The van der Waals surface area contributed by atoms with Gasteiger partial charge in [0.05, 0.1) is 0 Å². The zero-order valence-corrected chi connectivity index (χ0v) is 13.4. The van der Waals surface area contributed by atoms with Crippen LogP contribution in [-0.2, 0) is 11.2 Å². The van der Waals surface area contributed by atoms with E-state index in [-0.39, 0.29) is 12.0 Å². The number of aryl methyl sites for hydroxylation is 2. The Morgan fingerprint density at radius 1 is 1.18 bits per heavy atom. The lowest BCUT2D eigenvalue weighted by Crippen LogP contribution is -2.45. The molecule has 0 aliphatic carbocycles. The van der Waals surface area contributed by atoms with Crippen molar-refractivity contribution in [1.29, 1.82) is 0 Å². The second-order valence-electron chi connectivity index (χ2n) is 7.07. The van der Waals surface area contributed by atoms with Gasteiger partial charge in [0.25, 0.3) is 5.91 Å². The fraction of sp³-hybridized carbons (Fsp3) is 0.611. The molecule has 3 unspecified atom stereocenters. The van der Waals surface area contributed by atoms with Crippen LogP contribution in [0.15, 0.2) is 12.1 Å². The number of hydrogen-bond donors (Lipinski definition) is 1. The summed E-state index contributed by atoms with van der Waals surface area (Å²) in [5.41, 5.74) is 3.67. The maximum Gasteiger partial charge on any atom is 0.264 e. The Bertz CT molecular complexity index is 582. The fourth-order valence-electron chi connectivity index (χ4n) is 4.00. The first-order valence-electron chi connectivity index (χ1n) is 8.42. The Kier molecular flexibility index (Phi) is 3.37. The van der Waals surface area contributed by atoms with E-state index < -0.39 is 0 Å². The molecule has 2 saturated heterocycles. The molecule has 1 amide bonds. The van der Waals surface area contributed by atoms with E-state index in [1.807, 2.05) is 4.90 Å². The van der Waals surface area contributed by atoms with E-state index in [0.717, 1.165) is 25.3 Å². The topological polar surface area (TPSA) is 41.6 Å². The maximum absolute atomic E-state index is 12.8. The number of fused-ring (bicyclic) bond motifs is 3. The number of ether oxygens (including phenoxy) is 1. The summed E-state index contributed by atoms with van der Waals surface area (Å²) < 4.78 is 5.97. The van der Waals surface area contributed by atoms with Gasteiger partial charge in [-0.15, -0.1) is 0 Å². The normalized spacial score (nSPS) is 29.9. The lowest BCUT2D eigenvalue weighted by Gasteiger charge is -2.26. The zero-order valence-electron chi connectivity index (χ0n) is 13.4. The second-order valence-corrected chi connectivity index (χ2v) is 7.07. The van der Waals surface area contributed by atoms with Gasteiger partial charge in [-0.05, 0) is 55.9 Å². The van der Waals surface area contributed by atoms with Gasteiger partial charge in [-0.3, -0.25) is 4.79 Å². The van der Waals surface area contributed by atoms with Gasteiger partial charge in [-0.1, -0.05) is 6.07 Å². The van der Waals surface area contributed by atoms with Crippen LogP contribution in [0.25, 0.3) is 0 Å². The number of likely N-dealkylation sites (tertiary alicyclic amines) is 1. The largest absolute Gasteiger partial charge is 0.480 e. The van der Waals surface area contributed by atoms with Crippen LogP contribution in [-0.4, -0.2) is 42.1 Å². The van der Waals surface area contributed by atoms with Crippen LogP contribution < -0.4 is 10.1 Å². The van der Waals surface area contributed by atoms with Gasteiger partial charge < -0.3 is 15.0 Å². The maximum atomic E-state index is 12.8. The summed E-state index contributed by atoms with van der Waals surface area (Å²) in [7, 11) is 0. The van der Waals surface area contributed by atoms with Gasteiger partial charge in [-0.25, -0.2) is 0 Å². The van der Waals surface area contributed by atoms with Crippen molar-refractivity contribution in [3.63, 3.8) is 0 Å². The molecule has 2 fully saturated rings. The highest BCUT2D eigenvalue weighted by Gasteiger charge is 2.36. The summed E-state index contributed by atoms with van der Waals surface area (Å²) >= 11 is 0. The fourth-order valence-corrected chi connectivity index (χ4v) is 4.00. The molecule has 3 heterocycles. The van der Waals surface area contributed by atoms with Gasteiger partial charge in [0.15, 0.2) is 6.10 Å². The summed E-state index contributed by atoms with van der Waals surface area (Å²) in [4.78, 5) is 14.9. The number of nitrogens with one attached hydrogen (secondary N) is 1. The Morgan fingerprint density at radius 2 is 1.95 bits per heavy atom. The van der Waals surface area contributed by atoms with Gasteiger partial charge in [0.2, 0.25) is 0 Å². The Morgan fingerprint density at radius 3 is 2.82 bits per heavy atom. The number of hydrogen-bond acceptors (Lipinski definition) is 3. The summed E-state index contributed by atoms with van der Waals surface area (Å²) in [6.45, 7) is 5.90. The molecular weight excluding hydrogens is 276 g/mol. The minimum atomic E-state index is -0.326. The first-order valence-corrected chi connectivity index (χ1v) is 8.42. The van der Waals surface area contributed by atoms with Crippen molar-refractivity contribution in [2.45, 2.75) is 57.7 Å². The van der Waals surface area contributed by atoms with Crippen LogP contribution >= 0.6 is 0 Å². The third kappa shape index (κ3) is 2.39. The van der Waals surface area contributed by atoms with Crippen LogP contribution in [0.3, 0.4) is 0 Å². The van der Waals surface area contributed by atoms with E-state index in [1.54, 1.807) is 0 Å². The average Bonchev–Trinajstić information content (AvgIpc) is 3.02. The Balaban J connectivity index is 1.48. The molecule has 118 valence electrons. The lowest BCUT2D eigenvalue weighted by molar-refractivity contribution is -0.138. The molecule has 3 aliphatic heterocycles. The molecular formula is C18H24N2O2. The summed E-state index contributed by atoms with van der Waals surface area (Å²) in [5.74, 6) is 1.07. The van der Waals surface area contributed by atoms with Gasteiger partial charge >= 0.3 is 0 Å². The average molecular weight is 300 g/mol. The predicted octanol–water partition coefficient (Wildman–Crippen LogP) is 1.96. The smallest absolute Gasteiger partial charge is 0.264 e. The second kappa shape index (κ2) is 5.27. The van der Waals surface area contributed by atoms with E-state index in [1.165, 1.54) is 29.5 Å². The predicted molar refractivity (Wildman–Crippen MR) is 85.2 cm³/mol. The van der Waals surface area contributed by atoms with Crippen LogP contribution in [0.5, 0.6) is 5.75 Å². The van der Waals surface area contributed by atoms with Crippen molar-refractivity contribution in [1.82, 2.24) is 10.2 Å². The standard InChI is InChI=1S/C18H24N2O2/c1-11-7-13-9-17(22-16(13)8-12(11)2)18(21)20-6-5-14-3-4-15(10-20)19-14/h7-8,14-15,17,19H,3-6,9-10H2,1-2H3. The van der Waals surface area contributed by atoms with Crippen molar-refractivity contribution in [3.05, 3.63) is 28.8 Å². The van der Waals surface area contributed by atoms with E-state index >= 15 is 0 Å². The summed E-state index contributed by atoms with van der Waals surface area (Å²) in [5, 5.41) is 3.63. The first-order chi connectivity index (χ1) is 10.6. The van der Waals surface area contributed by atoms with E-state index in [2.05, 4.69) is 31.3 Å². The van der Waals surface area contributed by atoms with Gasteiger partial charge in [0, 0.05) is 31.6 Å². The SMILES string of the molecule is Cc1cc2c(cc1C)OC(C(=O)N1CCC3CCC(C1)N3)C2. The van der Waals surface area contributed by atoms with E-state index in [4.69, 9.17) is 4.74 Å². The Hall–Kier alpha value is -1.55. The molecule has 1 aromatic carbocycles. The van der Waals surface area contributed by atoms with Gasteiger partial charge in [-0.2, -0.15) is 0 Å². The summed E-state index contributed by atoms with van der Waals surface area (Å²) in [6, 6.07) is 5.33. The molecule has 1 N–H and O–H groups in total. The van der Waals surface area contributed by atoms with Crippen molar-refractivity contribution >= 4 is 5.91 Å². The highest BCUT2D eigenvalue weighted by Crippen LogP contribution is 2.32. The molecule has 2 bridgehead atoms. The van der Waals surface area contributed by atoms with Gasteiger partial charge in [0.1, 0.15) is 5.75 Å². The van der Waals surface area contributed by atoms with E-state index in [0.29, 0.717) is 18.5 Å². The highest BCUT2D eigenvalue weighted by molar-refractivity contribution is 5.83. The molecule has 0 saturated carbocycles. The minimum absolute atomic E-state index is 0.167. The molecule has 0 radical (unpaired) electrons. The zero-order chi connectivity index (χ0) is 15.3. The molecule has 4 rings (SSSR count). The number of carbonyl (C=O) groups is 1.